The zero-order chi connectivity index (χ0) is 18.7. The number of hydrogen-bond donors (Lipinski definition) is 2. The minimum Gasteiger partial charge on any atom is -0.467 e. The molecule has 3 rings (SSSR count). The van der Waals surface area contributed by atoms with Gasteiger partial charge in [-0.3, -0.25) is 4.79 Å². The van der Waals surface area contributed by atoms with Crippen molar-refractivity contribution in [2.45, 2.75) is 17.2 Å². The van der Waals surface area contributed by atoms with Gasteiger partial charge in [0.1, 0.15) is 9.97 Å². The molecule has 1 aliphatic rings. The van der Waals surface area contributed by atoms with Gasteiger partial charge in [-0.25, -0.2) is 8.42 Å². The quantitative estimate of drug-likeness (QED) is 0.725. The maximum atomic E-state index is 12.6. The number of nitrogens with zero attached hydrogens (tertiary/aromatic N) is 1. The monoisotopic (exact) mass is 418 g/mol. The van der Waals surface area contributed by atoms with Crippen LogP contribution in [0.15, 0.2) is 39.2 Å². The number of rotatable bonds is 6. The molecular weight excluding hydrogens is 398 g/mol. The van der Waals surface area contributed by atoms with Crippen molar-refractivity contribution in [3.63, 3.8) is 0 Å². The molecule has 1 saturated heterocycles. The lowest BCUT2D eigenvalue weighted by Crippen LogP contribution is -3.15. The Morgan fingerprint density at radius 3 is 2.69 bits per heavy atom. The van der Waals surface area contributed by atoms with E-state index in [1.807, 2.05) is 13.0 Å². The van der Waals surface area contributed by atoms with Gasteiger partial charge in [-0.05, 0) is 31.2 Å². The Morgan fingerprint density at radius 2 is 2.12 bits per heavy atom. The van der Waals surface area contributed by atoms with E-state index in [4.69, 9.17) is 16.0 Å². The number of carbonyl (C=O) groups excluding carboxylic acids is 1. The van der Waals surface area contributed by atoms with Crippen LogP contribution in [0.1, 0.15) is 18.7 Å². The molecule has 2 aromatic heterocycles. The number of amides is 1. The molecule has 2 aromatic rings. The Labute approximate surface area is 161 Å². The summed E-state index contributed by atoms with van der Waals surface area (Å²) in [6, 6.07) is 6.53. The van der Waals surface area contributed by atoms with Gasteiger partial charge in [0.2, 0.25) is 0 Å². The largest absolute Gasteiger partial charge is 0.467 e. The minimum atomic E-state index is -3.50. The van der Waals surface area contributed by atoms with Crippen LogP contribution in [0.2, 0.25) is 4.34 Å². The Kier molecular flexibility index (Phi) is 6.03. The van der Waals surface area contributed by atoms with Crippen molar-refractivity contribution in [3.8, 4) is 0 Å². The Balaban J connectivity index is 1.50. The van der Waals surface area contributed by atoms with Crippen molar-refractivity contribution in [2.24, 2.45) is 0 Å². The average Bonchev–Trinajstić information content (AvgIpc) is 3.27. The molecule has 1 amide bonds. The van der Waals surface area contributed by atoms with Crippen molar-refractivity contribution < 1.29 is 22.5 Å². The van der Waals surface area contributed by atoms with Gasteiger partial charge < -0.3 is 14.6 Å². The van der Waals surface area contributed by atoms with Gasteiger partial charge in [-0.1, -0.05) is 11.6 Å². The van der Waals surface area contributed by atoms with E-state index in [0.29, 0.717) is 42.8 Å². The van der Waals surface area contributed by atoms with Gasteiger partial charge in [0.15, 0.2) is 6.54 Å². The second-order valence-electron chi connectivity index (χ2n) is 6.19. The van der Waals surface area contributed by atoms with Crippen molar-refractivity contribution >= 4 is 38.9 Å². The standard InChI is InChI=1S/C16H20ClN3O4S2/c1-12(13-3-2-10-24-13)18-15(21)11-19-6-8-20(9-7-19)26(22,23)16-5-4-14(17)25-16/h2-5,10,12H,6-9,11H2,1H3,(H,18,21)/p+1/t12-/m0/s1. The molecule has 1 atom stereocenters. The van der Waals surface area contributed by atoms with Gasteiger partial charge in [-0.2, -0.15) is 4.31 Å². The maximum absolute atomic E-state index is 12.6. The molecule has 10 heteroatoms. The summed E-state index contributed by atoms with van der Waals surface area (Å²) in [6.45, 7) is 4.11. The van der Waals surface area contributed by atoms with Crippen LogP contribution in [0.5, 0.6) is 0 Å². The molecule has 0 aromatic carbocycles. The molecule has 2 N–H and O–H groups in total. The Morgan fingerprint density at radius 1 is 1.38 bits per heavy atom. The first kappa shape index (κ1) is 19.4. The summed E-state index contributed by atoms with van der Waals surface area (Å²) in [5.41, 5.74) is 0. The molecule has 0 saturated carbocycles. The maximum Gasteiger partial charge on any atom is 0.275 e. The number of thiophene rings is 1. The van der Waals surface area contributed by atoms with E-state index in [1.54, 1.807) is 18.4 Å². The first-order valence-corrected chi connectivity index (χ1v) is 10.9. The summed E-state index contributed by atoms with van der Waals surface area (Å²) in [7, 11) is -3.50. The van der Waals surface area contributed by atoms with E-state index < -0.39 is 10.0 Å². The number of carbonyl (C=O) groups is 1. The SMILES string of the molecule is C[C@H](NC(=O)C[NH+]1CCN(S(=O)(=O)c2ccc(Cl)s2)CC1)c1ccco1. The third kappa shape index (κ3) is 4.47. The van der Waals surface area contributed by atoms with Crippen molar-refractivity contribution in [1.29, 1.82) is 0 Å². The number of furan rings is 1. The zero-order valence-corrected chi connectivity index (χ0v) is 16.7. The molecule has 7 nitrogen and oxygen atoms in total. The Hall–Kier alpha value is -1.39. The number of halogens is 1. The molecule has 0 bridgehead atoms. The summed E-state index contributed by atoms with van der Waals surface area (Å²) in [5, 5.41) is 2.90. The third-order valence-corrected chi connectivity index (χ3v) is 7.93. The second kappa shape index (κ2) is 8.10. The summed E-state index contributed by atoms with van der Waals surface area (Å²) >= 11 is 6.91. The van der Waals surface area contributed by atoms with Crippen LogP contribution in [0, 0.1) is 0 Å². The molecule has 0 radical (unpaired) electrons. The molecule has 1 fully saturated rings. The van der Waals surface area contributed by atoms with Crippen LogP contribution < -0.4 is 10.2 Å². The predicted molar refractivity (Wildman–Crippen MR) is 98.9 cm³/mol. The first-order chi connectivity index (χ1) is 12.4. The number of hydrogen-bond acceptors (Lipinski definition) is 5. The molecule has 1 aliphatic heterocycles. The fourth-order valence-electron chi connectivity index (χ4n) is 2.91. The second-order valence-corrected chi connectivity index (χ2v) is 10.1. The highest BCUT2D eigenvalue weighted by atomic mass is 35.5. The van der Waals surface area contributed by atoms with E-state index in [-0.39, 0.29) is 16.2 Å². The van der Waals surface area contributed by atoms with Crippen LogP contribution in [0.25, 0.3) is 0 Å². The zero-order valence-electron chi connectivity index (χ0n) is 14.3. The van der Waals surface area contributed by atoms with Crippen molar-refractivity contribution in [1.82, 2.24) is 9.62 Å². The van der Waals surface area contributed by atoms with Gasteiger partial charge in [0.25, 0.3) is 15.9 Å². The van der Waals surface area contributed by atoms with Crippen LogP contribution in [-0.2, 0) is 14.8 Å². The summed E-state index contributed by atoms with van der Waals surface area (Å²) in [6.07, 6.45) is 1.57. The highest BCUT2D eigenvalue weighted by molar-refractivity contribution is 7.91. The summed E-state index contributed by atoms with van der Waals surface area (Å²) in [5.74, 6) is 0.629. The topological polar surface area (TPSA) is 84.1 Å². The fourth-order valence-corrected chi connectivity index (χ4v) is 5.99. The van der Waals surface area contributed by atoms with Crippen LogP contribution in [0.4, 0.5) is 0 Å². The molecule has 0 unspecified atom stereocenters. The van der Waals surface area contributed by atoms with Crippen LogP contribution >= 0.6 is 22.9 Å². The lowest BCUT2D eigenvalue weighted by molar-refractivity contribution is -0.895. The van der Waals surface area contributed by atoms with Gasteiger partial charge in [0.05, 0.1) is 42.8 Å². The Bertz CT molecular complexity index is 843. The highest BCUT2D eigenvalue weighted by Crippen LogP contribution is 2.27. The number of sulfonamides is 1. The summed E-state index contributed by atoms with van der Waals surface area (Å²) < 4.78 is 32.6. The lowest BCUT2D eigenvalue weighted by atomic mass is 10.2. The minimum absolute atomic E-state index is 0.0785. The van der Waals surface area contributed by atoms with E-state index in [0.717, 1.165) is 16.2 Å². The molecule has 0 spiro atoms. The van der Waals surface area contributed by atoms with E-state index in [1.165, 1.54) is 10.4 Å². The number of quaternary nitrogens is 1. The highest BCUT2D eigenvalue weighted by Gasteiger charge is 2.32. The predicted octanol–water partition coefficient (Wildman–Crippen LogP) is 0.761. The van der Waals surface area contributed by atoms with Gasteiger partial charge >= 0.3 is 0 Å². The average molecular weight is 419 g/mol. The van der Waals surface area contributed by atoms with Crippen molar-refractivity contribution in [2.75, 3.05) is 32.7 Å². The van der Waals surface area contributed by atoms with E-state index >= 15 is 0 Å². The molecular formula is C16H21ClN3O4S2+. The van der Waals surface area contributed by atoms with E-state index in [9.17, 15) is 13.2 Å². The van der Waals surface area contributed by atoms with E-state index in [2.05, 4.69) is 5.32 Å². The number of nitrogens with one attached hydrogen (secondary N) is 2. The number of piperazine rings is 1. The van der Waals surface area contributed by atoms with Gasteiger partial charge in [-0.15, -0.1) is 11.3 Å². The van der Waals surface area contributed by atoms with Crippen molar-refractivity contribution in [3.05, 3.63) is 40.6 Å². The molecule has 142 valence electrons. The molecule has 3 heterocycles. The van der Waals surface area contributed by atoms with Crippen LogP contribution in [0.3, 0.4) is 0 Å². The molecule has 0 aliphatic carbocycles. The lowest BCUT2D eigenvalue weighted by Gasteiger charge is -2.31. The normalized spacial score (nSPS) is 17.9. The third-order valence-electron chi connectivity index (χ3n) is 4.33. The fraction of sp³-hybridized carbons (Fsp3) is 0.438. The first-order valence-electron chi connectivity index (χ1n) is 8.28. The smallest absolute Gasteiger partial charge is 0.275 e. The molecule has 26 heavy (non-hydrogen) atoms. The van der Waals surface area contributed by atoms with Gasteiger partial charge in [0, 0.05) is 0 Å². The summed E-state index contributed by atoms with van der Waals surface area (Å²) in [4.78, 5) is 13.3. The van der Waals surface area contributed by atoms with Crippen LogP contribution in [-0.4, -0.2) is 51.4 Å².